The van der Waals surface area contributed by atoms with Crippen molar-refractivity contribution in [1.29, 1.82) is 5.26 Å². The Balaban J connectivity index is 1.80. The topological polar surface area (TPSA) is 77.0 Å². The fourth-order valence-electron chi connectivity index (χ4n) is 3.18. The van der Waals surface area contributed by atoms with Crippen LogP contribution in [0.4, 0.5) is 18.9 Å². The van der Waals surface area contributed by atoms with Crippen molar-refractivity contribution in [2.45, 2.75) is 18.3 Å². The molecule has 1 atom stereocenters. The van der Waals surface area contributed by atoms with Gasteiger partial charge in [-0.25, -0.2) is 0 Å². The first kappa shape index (κ1) is 23.8. The number of alkyl halides is 3. The number of nitrogens with one attached hydrogen (secondary N) is 3. The van der Waals surface area contributed by atoms with Crippen molar-refractivity contribution in [3.63, 3.8) is 0 Å². The molecular formula is C24H19F3N4OS. The van der Waals surface area contributed by atoms with Gasteiger partial charge in [0.25, 0.3) is 0 Å². The van der Waals surface area contributed by atoms with Gasteiger partial charge in [0.15, 0.2) is 11.3 Å². The summed E-state index contributed by atoms with van der Waals surface area (Å²) in [6, 6.07) is 25.1. The number of amides is 1. The van der Waals surface area contributed by atoms with Crippen LogP contribution in [0.15, 0.2) is 84.9 Å². The monoisotopic (exact) mass is 468 g/mol. The number of thiocarbonyl (C=S) groups is 1. The lowest BCUT2D eigenvalue weighted by Gasteiger charge is -2.27. The summed E-state index contributed by atoms with van der Waals surface area (Å²) in [5, 5.41) is 15.4. The molecule has 0 saturated carbocycles. The highest BCUT2D eigenvalue weighted by Crippen LogP contribution is 2.26. The minimum Gasteiger partial charge on any atom is -0.335 e. The largest absolute Gasteiger partial charge is 0.427 e. The molecule has 9 heteroatoms. The van der Waals surface area contributed by atoms with Crippen LogP contribution in [0.1, 0.15) is 22.6 Å². The molecule has 0 saturated heterocycles. The lowest BCUT2D eigenvalue weighted by molar-refractivity contribution is -0.164. The minimum absolute atomic E-state index is 0.317. The van der Waals surface area contributed by atoms with Gasteiger partial charge in [-0.1, -0.05) is 66.7 Å². The summed E-state index contributed by atoms with van der Waals surface area (Å²) < 4.78 is 41.3. The molecule has 1 unspecified atom stereocenters. The quantitative estimate of drug-likeness (QED) is 0.362. The van der Waals surface area contributed by atoms with Gasteiger partial charge in [0.1, 0.15) is 0 Å². The number of anilines is 1. The number of rotatable bonds is 6. The summed E-state index contributed by atoms with van der Waals surface area (Å²) in [6.07, 6.45) is -7.26. The number of nitrogens with zero attached hydrogens (tertiary/aromatic N) is 1. The highest BCUT2D eigenvalue weighted by atomic mass is 32.1. The van der Waals surface area contributed by atoms with E-state index in [-0.39, 0.29) is 5.11 Å². The molecular weight excluding hydrogens is 449 g/mol. The Morgan fingerprint density at radius 1 is 0.879 bits per heavy atom. The summed E-state index contributed by atoms with van der Waals surface area (Å²) >= 11 is 5.01. The second-order valence-corrected chi connectivity index (χ2v) is 7.44. The molecule has 5 nitrogen and oxygen atoms in total. The maximum atomic E-state index is 13.8. The van der Waals surface area contributed by atoms with E-state index in [9.17, 15) is 18.0 Å². The normalized spacial score (nSPS) is 11.8. The maximum absolute atomic E-state index is 13.8. The molecule has 0 aliphatic rings. The highest BCUT2D eigenvalue weighted by Gasteiger charge is 2.42. The van der Waals surface area contributed by atoms with Crippen molar-refractivity contribution in [1.82, 2.24) is 10.6 Å². The molecule has 0 radical (unpaired) electrons. The third-order valence-corrected chi connectivity index (χ3v) is 4.89. The van der Waals surface area contributed by atoms with Crippen molar-refractivity contribution >= 4 is 28.9 Å². The maximum Gasteiger partial charge on any atom is 0.427 e. The average Bonchev–Trinajstić information content (AvgIpc) is 2.80. The molecule has 0 bridgehead atoms. The minimum atomic E-state index is -4.83. The van der Waals surface area contributed by atoms with Gasteiger partial charge in [-0.05, 0) is 41.5 Å². The van der Waals surface area contributed by atoms with Crippen LogP contribution < -0.4 is 16.0 Å². The molecule has 1 amide bonds. The van der Waals surface area contributed by atoms with Crippen LogP contribution >= 0.6 is 12.2 Å². The number of nitriles is 1. The van der Waals surface area contributed by atoms with Crippen molar-refractivity contribution < 1.29 is 18.0 Å². The summed E-state index contributed by atoms with van der Waals surface area (Å²) in [4.78, 5) is 13.1. The Bertz CT molecular complexity index is 1110. The lowest BCUT2D eigenvalue weighted by Crippen LogP contribution is -2.58. The summed E-state index contributed by atoms with van der Waals surface area (Å²) in [6.45, 7) is 0. The van der Waals surface area contributed by atoms with Gasteiger partial charge in [-0.3, -0.25) is 4.79 Å². The van der Waals surface area contributed by atoms with Crippen molar-refractivity contribution in [3.8, 4) is 6.07 Å². The summed E-state index contributed by atoms with van der Waals surface area (Å²) in [5.41, 5.74) is 1.76. The number of carbonyl (C=O) groups is 1. The van der Waals surface area contributed by atoms with E-state index in [1.54, 1.807) is 78.9 Å². The van der Waals surface area contributed by atoms with E-state index in [1.165, 1.54) is 6.07 Å². The SMILES string of the molecule is N#Cc1cccc(NC(=S)NC(NC(=O)C(c2ccccc2)c2ccccc2)C(F)(F)F)c1. The van der Waals surface area contributed by atoms with E-state index in [1.807, 2.05) is 11.4 Å². The van der Waals surface area contributed by atoms with Gasteiger partial charge < -0.3 is 16.0 Å². The molecule has 0 fully saturated rings. The fourth-order valence-corrected chi connectivity index (χ4v) is 3.41. The molecule has 0 aliphatic heterocycles. The predicted octanol–water partition coefficient (Wildman–Crippen LogP) is 4.68. The Labute approximate surface area is 194 Å². The predicted molar refractivity (Wildman–Crippen MR) is 123 cm³/mol. The van der Waals surface area contributed by atoms with E-state index in [0.29, 0.717) is 22.4 Å². The Hall–Kier alpha value is -3.90. The van der Waals surface area contributed by atoms with Crippen LogP contribution in [0, 0.1) is 11.3 Å². The third kappa shape index (κ3) is 6.54. The first-order chi connectivity index (χ1) is 15.8. The third-order valence-electron chi connectivity index (χ3n) is 4.67. The van der Waals surface area contributed by atoms with Gasteiger partial charge >= 0.3 is 6.18 Å². The number of carbonyl (C=O) groups excluding carboxylic acids is 1. The first-order valence-corrected chi connectivity index (χ1v) is 10.2. The number of benzene rings is 3. The van der Waals surface area contributed by atoms with E-state index in [4.69, 9.17) is 17.5 Å². The molecule has 3 N–H and O–H groups in total. The summed E-state index contributed by atoms with van der Waals surface area (Å²) in [5.74, 6) is -1.79. The average molecular weight is 469 g/mol. The number of halogens is 3. The number of hydrogen-bond donors (Lipinski definition) is 3. The molecule has 0 spiro atoms. The van der Waals surface area contributed by atoms with Crippen LogP contribution in [-0.2, 0) is 4.79 Å². The zero-order valence-corrected chi connectivity index (χ0v) is 18.0. The van der Waals surface area contributed by atoms with Crippen molar-refractivity contribution in [2.75, 3.05) is 5.32 Å². The molecule has 0 aliphatic carbocycles. The standard InChI is InChI=1S/C24H19F3N4OS/c25-24(26,27)22(31-23(33)29-19-13-7-8-16(14-19)15-28)30-21(32)20(17-9-3-1-4-10-17)18-11-5-2-6-12-18/h1-14,20,22H,(H,30,32)(H2,29,31,33). The molecule has 168 valence electrons. The van der Waals surface area contributed by atoms with Crippen molar-refractivity contribution in [2.24, 2.45) is 0 Å². The van der Waals surface area contributed by atoms with Crippen LogP contribution in [0.5, 0.6) is 0 Å². The molecule has 0 heterocycles. The lowest BCUT2D eigenvalue weighted by atomic mass is 9.90. The Morgan fingerprint density at radius 2 is 1.45 bits per heavy atom. The Morgan fingerprint density at radius 3 is 1.97 bits per heavy atom. The Kier molecular flexibility index (Phi) is 7.64. The van der Waals surface area contributed by atoms with E-state index >= 15 is 0 Å². The van der Waals surface area contributed by atoms with Crippen LogP contribution in [0.2, 0.25) is 0 Å². The smallest absolute Gasteiger partial charge is 0.335 e. The van der Waals surface area contributed by atoms with Crippen LogP contribution in [0.3, 0.4) is 0 Å². The molecule has 3 aromatic carbocycles. The zero-order valence-electron chi connectivity index (χ0n) is 17.1. The van der Waals surface area contributed by atoms with Gasteiger partial charge in [0.2, 0.25) is 5.91 Å². The van der Waals surface area contributed by atoms with Gasteiger partial charge in [-0.15, -0.1) is 0 Å². The summed E-state index contributed by atoms with van der Waals surface area (Å²) in [7, 11) is 0. The molecule has 0 aromatic heterocycles. The first-order valence-electron chi connectivity index (χ1n) is 9.82. The van der Waals surface area contributed by atoms with Crippen LogP contribution in [-0.4, -0.2) is 23.4 Å². The van der Waals surface area contributed by atoms with Crippen LogP contribution in [0.25, 0.3) is 0 Å². The zero-order chi connectivity index (χ0) is 23.8. The molecule has 3 rings (SSSR count). The van der Waals surface area contributed by atoms with Gasteiger partial charge in [0, 0.05) is 5.69 Å². The van der Waals surface area contributed by atoms with E-state index in [0.717, 1.165) is 0 Å². The molecule has 33 heavy (non-hydrogen) atoms. The fraction of sp³-hybridized carbons (Fsp3) is 0.125. The number of hydrogen-bond acceptors (Lipinski definition) is 3. The van der Waals surface area contributed by atoms with E-state index in [2.05, 4.69) is 10.6 Å². The van der Waals surface area contributed by atoms with Gasteiger partial charge in [0.05, 0.1) is 17.6 Å². The van der Waals surface area contributed by atoms with Crippen molar-refractivity contribution in [3.05, 3.63) is 102 Å². The second-order valence-electron chi connectivity index (χ2n) is 7.03. The highest BCUT2D eigenvalue weighted by molar-refractivity contribution is 7.80. The van der Waals surface area contributed by atoms with Gasteiger partial charge in [-0.2, -0.15) is 18.4 Å². The second kappa shape index (κ2) is 10.6. The molecule has 3 aromatic rings. The van der Waals surface area contributed by atoms with E-state index < -0.39 is 24.2 Å².